The van der Waals surface area contributed by atoms with Crippen molar-refractivity contribution < 1.29 is 4.74 Å². The molecule has 0 aliphatic rings. The summed E-state index contributed by atoms with van der Waals surface area (Å²) in [5.74, 6) is 1.15. The van der Waals surface area contributed by atoms with Gasteiger partial charge in [0.25, 0.3) is 0 Å². The second-order valence-corrected chi connectivity index (χ2v) is 4.15. The zero-order valence-electron chi connectivity index (χ0n) is 9.84. The van der Waals surface area contributed by atoms with Crippen LogP contribution < -0.4 is 10.5 Å². The number of ether oxygens (including phenoxy) is 1. The van der Waals surface area contributed by atoms with E-state index in [2.05, 4.69) is 10.2 Å². The van der Waals surface area contributed by atoms with Gasteiger partial charge in [-0.25, -0.2) is 4.68 Å². The van der Waals surface area contributed by atoms with Crippen LogP contribution in [0.25, 0.3) is 0 Å². The molecule has 0 spiro atoms. The van der Waals surface area contributed by atoms with Gasteiger partial charge in [0, 0.05) is 14.1 Å². The molecule has 0 aliphatic heterocycles. The summed E-state index contributed by atoms with van der Waals surface area (Å²) >= 11 is 5.00. The normalized spacial score (nSPS) is 10.5. The third kappa shape index (κ3) is 2.14. The molecule has 0 fully saturated rings. The lowest BCUT2D eigenvalue weighted by molar-refractivity contribution is 0.429. The molecule has 0 saturated carbocycles. The van der Waals surface area contributed by atoms with Gasteiger partial charge < -0.3 is 10.5 Å². The van der Waals surface area contributed by atoms with Crippen LogP contribution in [0.1, 0.15) is 11.3 Å². The molecule has 2 rings (SSSR count). The standard InChI is InChI=1S/C10H13N5OS/c1-6-8(9(11)17)10(15(3)13-6)16-7-4-12-14(2)5-7/h4-5H,1-3H3,(H2,11,17). The molecule has 0 unspecified atom stereocenters. The summed E-state index contributed by atoms with van der Waals surface area (Å²) < 4.78 is 8.95. The van der Waals surface area contributed by atoms with Crippen molar-refractivity contribution in [3.8, 4) is 11.6 Å². The summed E-state index contributed by atoms with van der Waals surface area (Å²) in [7, 11) is 3.59. The quantitative estimate of drug-likeness (QED) is 0.820. The molecule has 17 heavy (non-hydrogen) atoms. The Morgan fingerprint density at radius 3 is 2.71 bits per heavy atom. The van der Waals surface area contributed by atoms with Crippen LogP contribution in [0.15, 0.2) is 12.4 Å². The number of thiocarbonyl (C=S) groups is 1. The smallest absolute Gasteiger partial charge is 0.228 e. The number of aromatic nitrogens is 4. The summed E-state index contributed by atoms with van der Waals surface area (Å²) in [5.41, 5.74) is 7.07. The van der Waals surface area contributed by atoms with E-state index in [1.807, 2.05) is 14.0 Å². The lowest BCUT2D eigenvalue weighted by atomic mass is 10.2. The summed E-state index contributed by atoms with van der Waals surface area (Å²) in [6, 6.07) is 0. The first-order valence-corrected chi connectivity index (χ1v) is 5.39. The van der Waals surface area contributed by atoms with Crippen molar-refractivity contribution in [3.05, 3.63) is 23.7 Å². The molecule has 0 aliphatic carbocycles. The van der Waals surface area contributed by atoms with E-state index in [4.69, 9.17) is 22.7 Å². The molecular formula is C10H13N5OS. The Hall–Kier alpha value is -1.89. The molecule has 0 aromatic carbocycles. The van der Waals surface area contributed by atoms with Crippen LogP contribution in [0.3, 0.4) is 0 Å². The maximum Gasteiger partial charge on any atom is 0.228 e. The van der Waals surface area contributed by atoms with Crippen molar-refractivity contribution in [1.29, 1.82) is 0 Å². The Kier molecular flexibility index (Phi) is 2.84. The maximum atomic E-state index is 5.69. The summed E-state index contributed by atoms with van der Waals surface area (Å²) in [4.78, 5) is 0.273. The third-order valence-corrected chi connectivity index (χ3v) is 2.52. The van der Waals surface area contributed by atoms with Crippen molar-refractivity contribution >= 4 is 17.2 Å². The highest BCUT2D eigenvalue weighted by Gasteiger charge is 2.18. The van der Waals surface area contributed by atoms with Crippen LogP contribution in [0.4, 0.5) is 0 Å². The predicted octanol–water partition coefficient (Wildman–Crippen LogP) is 0.889. The average Bonchev–Trinajstić information content (AvgIpc) is 2.72. The minimum Gasteiger partial charge on any atom is -0.435 e. The Labute approximate surface area is 104 Å². The van der Waals surface area contributed by atoms with E-state index in [1.54, 1.807) is 28.8 Å². The largest absolute Gasteiger partial charge is 0.435 e. The summed E-state index contributed by atoms with van der Waals surface area (Å²) in [5, 5.41) is 8.25. The molecule has 0 radical (unpaired) electrons. The fourth-order valence-electron chi connectivity index (χ4n) is 1.60. The predicted molar refractivity (Wildman–Crippen MR) is 67.1 cm³/mol. The molecule has 6 nitrogen and oxygen atoms in total. The van der Waals surface area contributed by atoms with Gasteiger partial charge in [0.2, 0.25) is 5.88 Å². The minimum absolute atomic E-state index is 0.273. The highest BCUT2D eigenvalue weighted by molar-refractivity contribution is 7.80. The van der Waals surface area contributed by atoms with Crippen molar-refractivity contribution in [1.82, 2.24) is 19.6 Å². The van der Waals surface area contributed by atoms with Gasteiger partial charge in [0.1, 0.15) is 4.99 Å². The Morgan fingerprint density at radius 2 is 2.18 bits per heavy atom. The van der Waals surface area contributed by atoms with Crippen molar-refractivity contribution in [2.24, 2.45) is 19.8 Å². The third-order valence-electron chi connectivity index (χ3n) is 2.31. The van der Waals surface area contributed by atoms with Crippen LogP contribution >= 0.6 is 12.2 Å². The van der Waals surface area contributed by atoms with Crippen molar-refractivity contribution in [3.63, 3.8) is 0 Å². The minimum atomic E-state index is 0.273. The molecular weight excluding hydrogens is 238 g/mol. The van der Waals surface area contributed by atoms with Crippen LogP contribution in [0, 0.1) is 6.92 Å². The molecule has 2 N–H and O–H groups in total. The van der Waals surface area contributed by atoms with Gasteiger partial charge in [0.15, 0.2) is 5.75 Å². The van der Waals surface area contributed by atoms with Crippen LogP contribution in [0.2, 0.25) is 0 Å². The van der Waals surface area contributed by atoms with Gasteiger partial charge >= 0.3 is 0 Å². The number of hydrogen-bond donors (Lipinski definition) is 1. The molecule has 2 aromatic rings. The number of nitrogens with zero attached hydrogens (tertiary/aromatic N) is 4. The van der Waals surface area contributed by atoms with Crippen molar-refractivity contribution in [2.75, 3.05) is 0 Å². The zero-order chi connectivity index (χ0) is 12.6. The van der Waals surface area contributed by atoms with E-state index >= 15 is 0 Å². The molecule has 7 heteroatoms. The van der Waals surface area contributed by atoms with Crippen LogP contribution in [0.5, 0.6) is 11.6 Å². The SMILES string of the molecule is Cc1nn(C)c(Oc2cnn(C)c2)c1C(N)=S. The Morgan fingerprint density at radius 1 is 1.47 bits per heavy atom. The molecule has 2 aromatic heterocycles. The fraction of sp³-hybridized carbons (Fsp3) is 0.300. The Balaban J connectivity index is 2.41. The van der Waals surface area contributed by atoms with E-state index in [9.17, 15) is 0 Å². The zero-order valence-corrected chi connectivity index (χ0v) is 10.7. The molecule has 0 saturated heterocycles. The van der Waals surface area contributed by atoms with E-state index in [0.29, 0.717) is 17.2 Å². The highest BCUT2D eigenvalue weighted by Crippen LogP contribution is 2.26. The second kappa shape index (κ2) is 4.17. The van der Waals surface area contributed by atoms with Gasteiger partial charge in [-0.1, -0.05) is 12.2 Å². The number of nitrogens with two attached hydrogens (primary N) is 1. The first-order valence-electron chi connectivity index (χ1n) is 4.99. The van der Waals surface area contributed by atoms with Gasteiger partial charge in [-0.15, -0.1) is 0 Å². The van der Waals surface area contributed by atoms with Crippen LogP contribution in [-0.2, 0) is 14.1 Å². The highest BCUT2D eigenvalue weighted by atomic mass is 32.1. The topological polar surface area (TPSA) is 70.9 Å². The average molecular weight is 251 g/mol. The van der Waals surface area contributed by atoms with Gasteiger partial charge in [-0.05, 0) is 6.92 Å². The first kappa shape index (κ1) is 11.6. The monoisotopic (exact) mass is 251 g/mol. The van der Waals surface area contributed by atoms with E-state index in [-0.39, 0.29) is 4.99 Å². The fourth-order valence-corrected chi connectivity index (χ4v) is 1.84. The molecule has 0 bridgehead atoms. The lowest BCUT2D eigenvalue weighted by Crippen LogP contribution is -2.11. The van der Waals surface area contributed by atoms with Gasteiger partial charge in [-0.2, -0.15) is 10.2 Å². The lowest BCUT2D eigenvalue weighted by Gasteiger charge is -2.05. The summed E-state index contributed by atoms with van der Waals surface area (Å²) in [6.45, 7) is 1.84. The van der Waals surface area contributed by atoms with Gasteiger partial charge in [-0.3, -0.25) is 4.68 Å². The molecule has 0 amide bonds. The van der Waals surface area contributed by atoms with E-state index in [1.165, 1.54) is 0 Å². The molecule has 90 valence electrons. The first-order chi connectivity index (χ1) is 7.99. The molecule has 2 heterocycles. The van der Waals surface area contributed by atoms with E-state index in [0.717, 1.165) is 5.69 Å². The maximum absolute atomic E-state index is 5.69. The Bertz CT molecular complexity index is 571. The summed E-state index contributed by atoms with van der Waals surface area (Å²) in [6.07, 6.45) is 3.37. The number of aryl methyl sites for hydroxylation is 3. The van der Waals surface area contributed by atoms with Crippen LogP contribution in [-0.4, -0.2) is 24.5 Å². The van der Waals surface area contributed by atoms with Crippen molar-refractivity contribution in [2.45, 2.75) is 6.92 Å². The van der Waals surface area contributed by atoms with E-state index < -0.39 is 0 Å². The van der Waals surface area contributed by atoms with Gasteiger partial charge in [0.05, 0.1) is 23.7 Å². The number of rotatable bonds is 3. The molecule has 0 atom stereocenters. The number of hydrogen-bond acceptors (Lipinski definition) is 4. The second-order valence-electron chi connectivity index (χ2n) is 3.71.